The molecule has 0 bridgehead atoms. The molecule has 1 N–H and O–H groups in total. The molecule has 0 saturated heterocycles. The second kappa shape index (κ2) is 7.73. The molecule has 0 aliphatic carbocycles. The smallest absolute Gasteiger partial charge is 0.243 e. The van der Waals surface area contributed by atoms with Gasteiger partial charge in [-0.1, -0.05) is 19.1 Å². The average molecular weight is 300 g/mol. The summed E-state index contributed by atoms with van der Waals surface area (Å²) in [5, 5.41) is 3.22. The summed E-state index contributed by atoms with van der Waals surface area (Å²) >= 11 is 0. The highest BCUT2D eigenvalue weighted by Gasteiger charge is 2.23. The number of benzene rings is 1. The molecule has 0 aliphatic heterocycles. The van der Waals surface area contributed by atoms with Crippen molar-refractivity contribution in [3.05, 3.63) is 29.3 Å². The van der Waals surface area contributed by atoms with Gasteiger partial charge in [0.25, 0.3) is 0 Å². The molecule has 0 radical (unpaired) electrons. The molecule has 5 nitrogen and oxygen atoms in total. The first-order chi connectivity index (χ1) is 9.45. The SMILES string of the molecule is CCNCc1cccc(S(=O)(=O)N(C)CCOC)c1C. The third kappa shape index (κ3) is 4.02. The fourth-order valence-electron chi connectivity index (χ4n) is 1.90. The highest BCUT2D eigenvalue weighted by Crippen LogP contribution is 2.21. The number of nitrogens with zero attached hydrogens (tertiary/aromatic N) is 1. The van der Waals surface area contributed by atoms with E-state index in [1.54, 1.807) is 26.3 Å². The Hall–Kier alpha value is -0.950. The number of hydrogen-bond donors (Lipinski definition) is 1. The van der Waals surface area contributed by atoms with Crippen molar-refractivity contribution in [3.8, 4) is 0 Å². The van der Waals surface area contributed by atoms with Gasteiger partial charge in [-0.3, -0.25) is 0 Å². The number of methoxy groups -OCH3 is 1. The van der Waals surface area contributed by atoms with Gasteiger partial charge in [-0.05, 0) is 30.7 Å². The Kier molecular flexibility index (Phi) is 6.61. The van der Waals surface area contributed by atoms with Crippen LogP contribution < -0.4 is 5.32 Å². The van der Waals surface area contributed by atoms with Gasteiger partial charge in [0.05, 0.1) is 11.5 Å². The van der Waals surface area contributed by atoms with Crippen LogP contribution in [0.1, 0.15) is 18.1 Å². The third-order valence-corrected chi connectivity index (χ3v) is 5.26. The van der Waals surface area contributed by atoms with Gasteiger partial charge in [-0.2, -0.15) is 4.31 Å². The van der Waals surface area contributed by atoms with Crippen LogP contribution in [0.4, 0.5) is 0 Å². The molecular formula is C14H24N2O3S. The molecule has 0 atom stereocenters. The summed E-state index contributed by atoms with van der Waals surface area (Å²) in [6.45, 7) is 6.12. The first-order valence-electron chi connectivity index (χ1n) is 6.69. The van der Waals surface area contributed by atoms with Crippen molar-refractivity contribution in [2.24, 2.45) is 0 Å². The van der Waals surface area contributed by atoms with Gasteiger partial charge in [0.2, 0.25) is 10.0 Å². The van der Waals surface area contributed by atoms with Crippen LogP contribution >= 0.6 is 0 Å². The van der Waals surface area contributed by atoms with E-state index < -0.39 is 10.0 Å². The van der Waals surface area contributed by atoms with Crippen LogP contribution in [-0.2, 0) is 21.3 Å². The normalized spacial score (nSPS) is 12.1. The number of rotatable bonds is 8. The lowest BCUT2D eigenvalue weighted by molar-refractivity contribution is 0.185. The second-order valence-electron chi connectivity index (χ2n) is 4.64. The maximum atomic E-state index is 12.5. The Balaban J connectivity index is 3.06. The minimum absolute atomic E-state index is 0.343. The highest BCUT2D eigenvalue weighted by atomic mass is 32.2. The van der Waals surface area contributed by atoms with E-state index in [0.717, 1.165) is 17.7 Å². The van der Waals surface area contributed by atoms with Gasteiger partial charge >= 0.3 is 0 Å². The van der Waals surface area contributed by atoms with Crippen molar-refractivity contribution in [2.75, 3.05) is 33.9 Å². The lowest BCUT2D eigenvalue weighted by atomic mass is 10.1. The zero-order valence-corrected chi connectivity index (χ0v) is 13.5. The Morgan fingerprint density at radius 2 is 2.05 bits per heavy atom. The molecule has 0 saturated carbocycles. The summed E-state index contributed by atoms with van der Waals surface area (Å²) in [5.74, 6) is 0. The monoisotopic (exact) mass is 300 g/mol. The van der Waals surface area contributed by atoms with Crippen LogP contribution in [0.25, 0.3) is 0 Å². The zero-order chi connectivity index (χ0) is 15.2. The lowest BCUT2D eigenvalue weighted by Gasteiger charge is -2.19. The van der Waals surface area contributed by atoms with Crippen LogP contribution in [0.5, 0.6) is 0 Å². The van der Waals surface area contributed by atoms with Crippen molar-refractivity contribution in [1.29, 1.82) is 0 Å². The molecular weight excluding hydrogens is 276 g/mol. The van der Waals surface area contributed by atoms with Crippen LogP contribution in [-0.4, -0.2) is 46.6 Å². The van der Waals surface area contributed by atoms with Crippen molar-refractivity contribution >= 4 is 10.0 Å². The predicted octanol–water partition coefficient (Wildman–Crippen LogP) is 1.37. The van der Waals surface area contributed by atoms with Crippen molar-refractivity contribution in [2.45, 2.75) is 25.3 Å². The number of nitrogens with one attached hydrogen (secondary N) is 1. The summed E-state index contributed by atoms with van der Waals surface area (Å²) in [7, 11) is -0.331. The van der Waals surface area contributed by atoms with E-state index in [4.69, 9.17) is 4.74 Å². The number of likely N-dealkylation sites (N-methyl/N-ethyl adjacent to an activating group) is 1. The number of hydrogen-bond acceptors (Lipinski definition) is 4. The molecule has 0 fully saturated rings. The van der Waals surface area contributed by atoms with Gasteiger partial charge in [0.1, 0.15) is 0 Å². The van der Waals surface area contributed by atoms with Gasteiger partial charge in [-0.15, -0.1) is 0 Å². The van der Waals surface area contributed by atoms with Gasteiger partial charge in [0.15, 0.2) is 0 Å². The Morgan fingerprint density at radius 1 is 1.35 bits per heavy atom. The molecule has 6 heteroatoms. The van der Waals surface area contributed by atoms with Gasteiger partial charge < -0.3 is 10.1 Å². The lowest BCUT2D eigenvalue weighted by Crippen LogP contribution is -2.30. The Morgan fingerprint density at radius 3 is 2.65 bits per heavy atom. The fourth-order valence-corrected chi connectivity index (χ4v) is 3.32. The van der Waals surface area contributed by atoms with Crippen LogP contribution in [0, 0.1) is 6.92 Å². The molecule has 0 spiro atoms. The van der Waals surface area contributed by atoms with Gasteiger partial charge in [-0.25, -0.2) is 8.42 Å². The number of sulfonamides is 1. The van der Waals surface area contributed by atoms with Crippen LogP contribution in [0.3, 0.4) is 0 Å². The highest BCUT2D eigenvalue weighted by molar-refractivity contribution is 7.89. The van der Waals surface area contributed by atoms with E-state index in [1.807, 2.05) is 19.9 Å². The number of ether oxygens (including phenoxy) is 1. The molecule has 0 aromatic heterocycles. The van der Waals surface area contributed by atoms with Crippen molar-refractivity contribution in [1.82, 2.24) is 9.62 Å². The molecule has 0 heterocycles. The molecule has 0 amide bonds. The van der Waals surface area contributed by atoms with E-state index in [1.165, 1.54) is 4.31 Å². The molecule has 20 heavy (non-hydrogen) atoms. The second-order valence-corrected chi connectivity index (χ2v) is 6.65. The first-order valence-corrected chi connectivity index (χ1v) is 8.13. The van der Waals surface area contributed by atoms with E-state index in [-0.39, 0.29) is 0 Å². The van der Waals surface area contributed by atoms with Gasteiger partial charge in [0, 0.05) is 27.2 Å². The molecule has 1 aromatic carbocycles. The van der Waals surface area contributed by atoms with E-state index >= 15 is 0 Å². The fraction of sp³-hybridized carbons (Fsp3) is 0.571. The van der Waals surface area contributed by atoms with Crippen LogP contribution in [0.2, 0.25) is 0 Å². The summed E-state index contributed by atoms with van der Waals surface area (Å²) in [4.78, 5) is 0.367. The molecule has 1 rings (SSSR count). The zero-order valence-electron chi connectivity index (χ0n) is 12.6. The molecule has 0 unspecified atom stereocenters. The maximum absolute atomic E-state index is 12.5. The topological polar surface area (TPSA) is 58.6 Å². The minimum Gasteiger partial charge on any atom is -0.383 e. The van der Waals surface area contributed by atoms with Crippen molar-refractivity contribution in [3.63, 3.8) is 0 Å². The standard InChI is InChI=1S/C14H24N2O3S/c1-5-15-11-13-7-6-8-14(12(13)2)20(17,18)16(3)9-10-19-4/h6-8,15H,5,9-11H2,1-4H3. The third-order valence-electron chi connectivity index (χ3n) is 3.26. The van der Waals surface area contributed by atoms with Crippen LogP contribution in [0.15, 0.2) is 23.1 Å². The average Bonchev–Trinajstić information content (AvgIpc) is 2.43. The molecule has 114 valence electrons. The minimum atomic E-state index is -3.46. The van der Waals surface area contributed by atoms with Crippen molar-refractivity contribution < 1.29 is 13.2 Å². The Labute approximate surface area is 122 Å². The maximum Gasteiger partial charge on any atom is 0.243 e. The summed E-state index contributed by atoms with van der Waals surface area (Å²) in [6, 6.07) is 5.40. The first kappa shape index (κ1) is 17.1. The van der Waals surface area contributed by atoms with E-state index in [2.05, 4.69) is 5.32 Å². The predicted molar refractivity (Wildman–Crippen MR) is 80.3 cm³/mol. The summed E-state index contributed by atoms with van der Waals surface area (Å²) in [6.07, 6.45) is 0. The summed E-state index contributed by atoms with van der Waals surface area (Å²) < 4.78 is 31.3. The molecule has 0 aliphatic rings. The van der Waals surface area contributed by atoms with E-state index in [0.29, 0.717) is 24.6 Å². The summed E-state index contributed by atoms with van der Waals surface area (Å²) in [5.41, 5.74) is 1.81. The van der Waals surface area contributed by atoms with E-state index in [9.17, 15) is 8.42 Å². The largest absolute Gasteiger partial charge is 0.383 e. The molecule has 1 aromatic rings. The Bertz CT molecular complexity index is 529. The quantitative estimate of drug-likeness (QED) is 0.788.